The lowest BCUT2D eigenvalue weighted by atomic mass is 9.91. The minimum absolute atomic E-state index is 0.329. The molecule has 0 bridgehead atoms. The fourth-order valence-corrected chi connectivity index (χ4v) is 3.49. The fraction of sp³-hybridized carbons (Fsp3) is 0.400. The van der Waals surface area contributed by atoms with Gasteiger partial charge in [0.05, 0.1) is 11.7 Å². The van der Waals surface area contributed by atoms with E-state index in [0.29, 0.717) is 11.8 Å². The summed E-state index contributed by atoms with van der Waals surface area (Å²) in [5, 5.41) is 0. The first kappa shape index (κ1) is 12.4. The van der Waals surface area contributed by atoms with E-state index >= 15 is 0 Å². The molecule has 4 heterocycles. The van der Waals surface area contributed by atoms with Gasteiger partial charge < -0.3 is 9.88 Å². The van der Waals surface area contributed by atoms with Crippen LogP contribution in [0.1, 0.15) is 25.0 Å². The molecule has 1 fully saturated rings. The number of carbonyl (C=O) groups excluding carboxylic acids is 1. The van der Waals surface area contributed by atoms with E-state index in [1.807, 2.05) is 23.4 Å². The first-order valence-electron chi connectivity index (χ1n) is 7.30. The van der Waals surface area contributed by atoms with Gasteiger partial charge >= 0.3 is 0 Å². The van der Waals surface area contributed by atoms with E-state index in [9.17, 15) is 4.79 Å². The van der Waals surface area contributed by atoms with Crippen LogP contribution in [0.15, 0.2) is 24.7 Å². The van der Waals surface area contributed by atoms with E-state index in [2.05, 4.69) is 26.3 Å². The maximum Gasteiger partial charge on any atom is 0.209 e. The third-order valence-corrected chi connectivity index (χ3v) is 4.59. The van der Waals surface area contributed by atoms with Crippen LogP contribution in [-0.2, 0) is 4.79 Å². The quantitative estimate of drug-likeness (QED) is 0.745. The number of imidazole rings is 1. The van der Waals surface area contributed by atoms with Gasteiger partial charge in [-0.15, -0.1) is 0 Å². The molecule has 2 atom stereocenters. The van der Waals surface area contributed by atoms with Crippen molar-refractivity contribution in [2.75, 3.05) is 13.1 Å². The van der Waals surface area contributed by atoms with Crippen molar-refractivity contribution >= 4 is 23.2 Å². The number of amides is 1. The average molecular weight is 283 g/mol. The zero-order valence-electron chi connectivity index (χ0n) is 11.9. The topological polar surface area (TPSA) is 66.3 Å². The lowest BCUT2D eigenvalue weighted by Crippen LogP contribution is -2.18. The maximum atomic E-state index is 11.1. The highest BCUT2D eigenvalue weighted by molar-refractivity contribution is 5.74. The molecule has 3 aromatic heterocycles. The predicted molar refractivity (Wildman–Crippen MR) is 79.0 cm³/mol. The molecule has 0 radical (unpaired) electrons. The number of aromatic amines is 1. The van der Waals surface area contributed by atoms with Gasteiger partial charge in [0.15, 0.2) is 11.3 Å². The SMILES string of the molecule is CCC1CN(C=O)CC1c1cnc2cnc3[nH]ccc3n12. The summed E-state index contributed by atoms with van der Waals surface area (Å²) in [6, 6.07) is 2.02. The number of nitrogens with zero attached hydrogens (tertiary/aromatic N) is 4. The van der Waals surface area contributed by atoms with Gasteiger partial charge in [0.2, 0.25) is 6.41 Å². The van der Waals surface area contributed by atoms with E-state index in [0.717, 1.165) is 42.7 Å². The van der Waals surface area contributed by atoms with Crippen molar-refractivity contribution < 1.29 is 4.79 Å². The third kappa shape index (κ3) is 1.75. The van der Waals surface area contributed by atoms with Crippen LogP contribution in [-0.4, -0.2) is 43.8 Å². The highest BCUT2D eigenvalue weighted by atomic mass is 16.1. The Morgan fingerprint density at radius 1 is 1.38 bits per heavy atom. The molecule has 1 aliphatic rings. The summed E-state index contributed by atoms with van der Waals surface area (Å²) in [5.74, 6) is 0.813. The molecule has 4 rings (SSSR count). The Morgan fingerprint density at radius 2 is 2.29 bits per heavy atom. The molecule has 6 nitrogen and oxygen atoms in total. The molecular formula is C15H17N5O. The summed E-state index contributed by atoms with van der Waals surface area (Å²) < 4.78 is 2.17. The number of H-pyrrole nitrogens is 1. The van der Waals surface area contributed by atoms with E-state index in [-0.39, 0.29) is 0 Å². The largest absolute Gasteiger partial charge is 0.345 e. The van der Waals surface area contributed by atoms with Crippen molar-refractivity contribution in [1.29, 1.82) is 0 Å². The van der Waals surface area contributed by atoms with Gasteiger partial charge in [0.1, 0.15) is 0 Å². The molecule has 21 heavy (non-hydrogen) atoms. The Kier molecular flexibility index (Phi) is 2.70. The highest BCUT2D eigenvalue weighted by Crippen LogP contribution is 2.35. The average Bonchev–Trinajstić information content (AvgIpc) is 3.22. The number of fused-ring (bicyclic) bond motifs is 3. The summed E-state index contributed by atoms with van der Waals surface area (Å²) in [6.07, 6.45) is 7.63. The van der Waals surface area contributed by atoms with Crippen LogP contribution >= 0.6 is 0 Å². The molecule has 6 heteroatoms. The van der Waals surface area contributed by atoms with Gasteiger partial charge in [-0.3, -0.25) is 9.20 Å². The van der Waals surface area contributed by atoms with Gasteiger partial charge in [-0.25, -0.2) is 9.97 Å². The van der Waals surface area contributed by atoms with E-state index in [4.69, 9.17) is 0 Å². The van der Waals surface area contributed by atoms with Gasteiger partial charge in [-0.05, 0) is 12.0 Å². The molecule has 0 aliphatic carbocycles. The summed E-state index contributed by atoms with van der Waals surface area (Å²) >= 11 is 0. The van der Waals surface area contributed by atoms with Crippen LogP contribution in [0.25, 0.3) is 16.8 Å². The summed E-state index contributed by atoms with van der Waals surface area (Å²) in [7, 11) is 0. The monoisotopic (exact) mass is 283 g/mol. The number of carbonyl (C=O) groups is 1. The first-order valence-corrected chi connectivity index (χ1v) is 7.30. The van der Waals surface area contributed by atoms with Crippen LogP contribution in [0.5, 0.6) is 0 Å². The summed E-state index contributed by atoms with van der Waals surface area (Å²) in [5.41, 5.74) is 3.93. The van der Waals surface area contributed by atoms with E-state index < -0.39 is 0 Å². The van der Waals surface area contributed by atoms with Crippen LogP contribution in [0, 0.1) is 5.92 Å². The smallest absolute Gasteiger partial charge is 0.209 e. The zero-order chi connectivity index (χ0) is 14.4. The molecule has 1 amide bonds. The van der Waals surface area contributed by atoms with Crippen molar-refractivity contribution in [1.82, 2.24) is 24.3 Å². The van der Waals surface area contributed by atoms with Crippen LogP contribution in [0.4, 0.5) is 0 Å². The molecule has 3 aromatic rings. The number of hydrogen-bond acceptors (Lipinski definition) is 3. The highest BCUT2D eigenvalue weighted by Gasteiger charge is 2.34. The molecule has 2 unspecified atom stereocenters. The van der Waals surface area contributed by atoms with Crippen molar-refractivity contribution in [3.8, 4) is 0 Å². The summed E-state index contributed by atoms with van der Waals surface area (Å²) in [4.78, 5) is 25.0. The van der Waals surface area contributed by atoms with Crippen LogP contribution in [0.2, 0.25) is 0 Å². The van der Waals surface area contributed by atoms with Crippen LogP contribution in [0.3, 0.4) is 0 Å². The molecule has 1 aliphatic heterocycles. The predicted octanol–water partition coefficient (Wildman–Crippen LogP) is 1.79. The van der Waals surface area contributed by atoms with Crippen molar-refractivity contribution in [2.45, 2.75) is 19.3 Å². The Balaban J connectivity index is 1.89. The Morgan fingerprint density at radius 3 is 3.10 bits per heavy atom. The second-order valence-electron chi connectivity index (χ2n) is 5.68. The first-order chi connectivity index (χ1) is 10.3. The molecule has 108 valence electrons. The Labute approximate surface area is 121 Å². The second-order valence-corrected chi connectivity index (χ2v) is 5.68. The third-order valence-electron chi connectivity index (χ3n) is 4.59. The molecule has 0 spiro atoms. The number of hydrogen-bond donors (Lipinski definition) is 1. The summed E-state index contributed by atoms with van der Waals surface area (Å²) in [6.45, 7) is 3.78. The van der Waals surface area contributed by atoms with Gasteiger partial charge in [0.25, 0.3) is 0 Å². The number of rotatable bonds is 3. The van der Waals surface area contributed by atoms with Gasteiger partial charge in [-0.2, -0.15) is 0 Å². The normalized spacial score (nSPS) is 22.4. The van der Waals surface area contributed by atoms with Crippen molar-refractivity contribution in [2.24, 2.45) is 5.92 Å². The minimum Gasteiger partial charge on any atom is -0.345 e. The maximum absolute atomic E-state index is 11.1. The number of aromatic nitrogens is 4. The van der Waals surface area contributed by atoms with Crippen LogP contribution < -0.4 is 0 Å². The molecule has 1 N–H and O–H groups in total. The molecule has 0 aromatic carbocycles. The van der Waals surface area contributed by atoms with Gasteiger partial charge in [0, 0.05) is 37.1 Å². The van der Waals surface area contributed by atoms with Gasteiger partial charge in [-0.1, -0.05) is 13.3 Å². The minimum atomic E-state index is 0.329. The fourth-order valence-electron chi connectivity index (χ4n) is 3.49. The Bertz CT molecular complexity index is 805. The number of likely N-dealkylation sites (tertiary alicyclic amines) is 1. The molecule has 0 saturated carbocycles. The van der Waals surface area contributed by atoms with E-state index in [1.54, 1.807) is 6.20 Å². The second kappa shape index (κ2) is 4.58. The Hall–Kier alpha value is -2.37. The van der Waals surface area contributed by atoms with Crippen molar-refractivity contribution in [3.05, 3.63) is 30.4 Å². The molecular weight excluding hydrogens is 266 g/mol. The lowest BCUT2D eigenvalue weighted by molar-refractivity contribution is -0.117. The zero-order valence-corrected chi connectivity index (χ0v) is 11.9. The van der Waals surface area contributed by atoms with Crippen molar-refractivity contribution in [3.63, 3.8) is 0 Å². The lowest BCUT2D eigenvalue weighted by Gasteiger charge is -2.16. The number of nitrogens with one attached hydrogen (secondary N) is 1. The molecule has 1 saturated heterocycles. The van der Waals surface area contributed by atoms with E-state index in [1.165, 1.54) is 5.69 Å². The standard InChI is InChI=1S/C15H17N5O/c1-2-10-7-19(9-21)8-11(10)13-5-17-14-6-18-15-12(20(13)14)3-4-16-15/h3-6,9-11,16H,2,7-8H2,1H3.